The Hall–Kier alpha value is -0.940. The van der Waals surface area contributed by atoms with Crippen molar-refractivity contribution in [2.45, 2.75) is 50.7 Å². The summed E-state index contributed by atoms with van der Waals surface area (Å²) in [5.74, 6) is 0. The van der Waals surface area contributed by atoms with Crippen molar-refractivity contribution in [1.82, 2.24) is 9.80 Å². The van der Waals surface area contributed by atoms with Gasteiger partial charge in [0.2, 0.25) is 0 Å². The van der Waals surface area contributed by atoms with E-state index in [0.29, 0.717) is 18.1 Å². The first kappa shape index (κ1) is 19.8. The van der Waals surface area contributed by atoms with E-state index in [1.54, 1.807) is 10.8 Å². The molecule has 2 aromatic carbocycles. The highest BCUT2D eigenvalue weighted by atomic mass is 33.1. The second-order valence-corrected chi connectivity index (χ2v) is 9.57. The van der Waals surface area contributed by atoms with Crippen LogP contribution in [-0.4, -0.2) is 33.8 Å². The Morgan fingerprint density at radius 3 is 1.65 bits per heavy atom. The third-order valence-corrected chi connectivity index (χ3v) is 7.50. The molecule has 1 saturated heterocycles. The fourth-order valence-corrected chi connectivity index (χ4v) is 4.63. The number of hydrogen-bond acceptors (Lipinski definition) is 4. The van der Waals surface area contributed by atoms with Crippen LogP contribution in [0.1, 0.15) is 50.9 Å². The molecule has 0 radical (unpaired) electrons. The molecule has 0 bridgehead atoms. The van der Waals surface area contributed by atoms with Gasteiger partial charge in [0.1, 0.15) is 0 Å². The van der Waals surface area contributed by atoms with Gasteiger partial charge < -0.3 is 0 Å². The maximum absolute atomic E-state index is 4.57. The predicted octanol–water partition coefficient (Wildman–Crippen LogP) is 5.81. The van der Waals surface area contributed by atoms with Gasteiger partial charge in [-0.3, -0.25) is 9.80 Å². The molecule has 26 heavy (non-hydrogen) atoms. The van der Waals surface area contributed by atoms with Gasteiger partial charge in [-0.15, -0.1) is 11.7 Å². The van der Waals surface area contributed by atoms with E-state index in [0.717, 1.165) is 13.1 Å². The monoisotopic (exact) mass is 386 g/mol. The Morgan fingerprint density at radius 1 is 0.885 bits per heavy atom. The summed E-state index contributed by atoms with van der Waals surface area (Å²) in [5.41, 5.74) is 2.79. The average molecular weight is 387 g/mol. The highest BCUT2D eigenvalue weighted by Crippen LogP contribution is 2.43. The zero-order valence-corrected chi connectivity index (χ0v) is 17.9. The summed E-state index contributed by atoms with van der Waals surface area (Å²) in [6.45, 7) is 11.2. The Morgan fingerprint density at radius 2 is 1.31 bits per heavy atom. The highest BCUT2D eigenvalue weighted by molar-refractivity contribution is 8.69. The minimum Gasteiger partial charge on any atom is -0.285 e. The zero-order valence-electron chi connectivity index (χ0n) is 16.2. The average Bonchev–Trinajstić information content (AvgIpc) is 2.68. The van der Waals surface area contributed by atoms with Crippen LogP contribution in [0.3, 0.4) is 0 Å². The summed E-state index contributed by atoms with van der Waals surface area (Å²) in [6.07, 6.45) is 0. The fourth-order valence-electron chi connectivity index (χ4n) is 4.02. The second-order valence-electron chi connectivity index (χ2n) is 7.84. The van der Waals surface area contributed by atoms with E-state index < -0.39 is 0 Å². The molecular weight excluding hydrogens is 356 g/mol. The van der Waals surface area contributed by atoms with Crippen molar-refractivity contribution < 1.29 is 0 Å². The fraction of sp³-hybridized carbons (Fsp3) is 0.455. The number of nitrogens with zero attached hydrogens (tertiary/aromatic N) is 2. The number of rotatable bonds is 5. The predicted molar refractivity (Wildman–Crippen MR) is 118 cm³/mol. The lowest BCUT2D eigenvalue weighted by molar-refractivity contribution is -0.0198. The molecule has 2 atom stereocenters. The van der Waals surface area contributed by atoms with Crippen molar-refractivity contribution in [2.75, 3.05) is 13.1 Å². The molecule has 2 aromatic rings. The SMILES string of the molecule is CC(C)N1C(c2ccccc2)CN(C(C)(C)SS)CC1c1ccccc1. The van der Waals surface area contributed by atoms with E-state index in [2.05, 4.69) is 110 Å². The number of benzene rings is 2. The summed E-state index contributed by atoms with van der Waals surface area (Å²) < 4.78 is 0. The van der Waals surface area contributed by atoms with Crippen molar-refractivity contribution in [2.24, 2.45) is 0 Å². The molecule has 140 valence electrons. The minimum atomic E-state index is -0.00770. The molecule has 0 spiro atoms. The maximum Gasteiger partial charge on any atom is 0.0715 e. The van der Waals surface area contributed by atoms with Gasteiger partial charge in [0.05, 0.1) is 4.87 Å². The Kier molecular flexibility index (Phi) is 6.39. The normalized spacial score (nSPS) is 22.7. The lowest BCUT2D eigenvalue weighted by Crippen LogP contribution is -2.57. The first-order chi connectivity index (χ1) is 12.4. The van der Waals surface area contributed by atoms with Crippen molar-refractivity contribution in [3.8, 4) is 0 Å². The smallest absolute Gasteiger partial charge is 0.0715 e. The number of piperazine rings is 1. The van der Waals surface area contributed by atoms with Gasteiger partial charge in [-0.05, 0) is 38.8 Å². The Balaban J connectivity index is 2.05. The van der Waals surface area contributed by atoms with Gasteiger partial charge in [0.25, 0.3) is 0 Å². The maximum atomic E-state index is 4.57. The first-order valence-electron chi connectivity index (χ1n) is 9.39. The molecule has 1 heterocycles. The van der Waals surface area contributed by atoms with Crippen LogP contribution in [0.2, 0.25) is 0 Å². The molecule has 4 heteroatoms. The van der Waals surface area contributed by atoms with E-state index in [1.165, 1.54) is 11.1 Å². The van der Waals surface area contributed by atoms with Gasteiger partial charge >= 0.3 is 0 Å². The van der Waals surface area contributed by atoms with E-state index in [-0.39, 0.29) is 4.87 Å². The Bertz CT molecular complexity index is 638. The van der Waals surface area contributed by atoms with Crippen LogP contribution in [0.5, 0.6) is 0 Å². The van der Waals surface area contributed by atoms with Crippen LogP contribution in [0.25, 0.3) is 0 Å². The zero-order chi connectivity index (χ0) is 18.7. The highest BCUT2D eigenvalue weighted by Gasteiger charge is 2.41. The van der Waals surface area contributed by atoms with Crippen LogP contribution in [0.4, 0.5) is 0 Å². The van der Waals surface area contributed by atoms with E-state index >= 15 is 0 Å². The molecule has 0 saturated carbocycles. The lowest BCUT2D eigenvalue weighted by atomic mass is 9.92. The molecular formula is C22H30N2S2. The van der Waals surface area contributed by atoms with Gasteiger partial charge in [0.15, 0.2) is 0 Å². The molecule has 1 aliphatic rings. The summed E-state index contributed by atoms with van der Waals surface area (Å²) in [5, 5.41) is 0. The molecule has 3 rings (SSSR count). The van der Waals surface area contributed by atoms with Gasteiger partial charge in [-0.25, -0.2) is 0 Å². The van der Waals surface area contributed by atoms with Gasteiger partial charge in [-0.1, -0.05) is 71.5 Å². The molecule has 0 aromatic heterocycles. The second kappa shape index (κ2) is 8.39. The van der Waals surface area contributed by atoms with Crippen LogP contribution in [0.15, 0.2) is 60.7 Å². The van der Waals surface area contributed by atoms with E-state index in [4.69, 9.17) is 0 Å². The standard InChI is InChI=1S/C22H30N2S2/c1-17(2)24-20(18-11-7-5-8-12-18)15-23(22(3,4)26-25)16-21(24)19-13-9-6-10-14-19/h5-14,17,20-21,25H,15-16H2,1-4H3. The van der Waals surface area contributed by atoms with Crippen molar-refractivity contribution >= 4 is 22.5 Å². The van der Waals surface area contributed by atoms with E-state index in [1.807, 2.05) is 0 Å². The largest absolute Gasteiger partial charge is 0.285 e. The molecule has 1 aliphatic heterocycles. The first-order valence-corrected chi connectivity index (χ1v) is 11.3. The molecule has 0 N–H and O–H groups in total. The van der Waals surface area contributed by atoms with Crippen LogP contribution in [0, 0.1) is 0 Å². The third kappa shape index (κ3) is 4.14. The molecule has 0 amide bonds. The third-order valence-electron chi connectivity index (χ3n) is 5.46. The quantitative estimate of drug-likeness (QED) is 0.512. The topological polar surface area (TPSA) is 6.48 Å². The van der Waals surface area contributed by atoms with Crippen LogP contribution in [-0.2, 0) is 0 Å². The van der Waals surface area contributed by atoms with E-state index in [9.17, 15) is 0 Å². The molecule has 2 unspecified atom stereocenters. The Labute approximate surface area is 167 Å². The van der Waals surface area contributed by atoms with Crippen molar-refractivity contribution in [3.05, 3.63) is 71.8 Å². The minimum absolute atomic E-state index is 0.00770. The summed E-state index contributed by atoms with van der Waals surface area (Å²) >= 11 is 4.57. The number of thiol groups is 1. The summed E-state index contributed by atoms with van der Waals surface area (Å²) in [6, 6.07) is 23.1. The summed E-state index contributed by atoms with van der Waals surface area (Å²) in [4.78, 5) is 5.28. The summed E-state index contributed by atoms with van der Waals surface area (Å²) in [7, 11) is 1.64. The van der Waals surface area contributed by atoms with Crippen LogP contribution >= 0.6 is 22.5 Å². The molecule has 0 aliphatic carbocycles. The van der Waals surface area contributed by atoms with Crippen molar-refractivity contribution in [3.63, 3.8) is 0 Å². The van der Waals surface area contributed by atoms with Crippen LogP contribution < -0.4 is 0 Å². The van der Waals surface area contributed by atoms with Crippen molar-refractivity contribution in [1.29, 1.82) is 0 Å². The molecule has 1 fully saturated rings. The lowest BCUT2D eigenvalue weighted by Gasteiger charge is -2.53. The number of hydrogen-bond donors (Lipinski definition) is 1. The molecule has 2 nitrogen and oxygen atoms in total. The van der Waals surface area contributed by atoms with Gasteiger partial charge in [0, 0.05) is 31.2 Å². The van der Waals surface area contributed by atoms with Gasteiger partial charge in [-0.2, -0.15) is 0 Å².